The molecule has 0 aliphatic rings. The second-order valence-electron chi connectivity index (χ2n) is 9.06. The summed E-state index contributed by atoms with van der Waals surface area (Å²) in [6.07, 6.45) is 21.3. The lowest BCUT2D eigenvalue weighted by Gasteiger charge is -2.30. The molecular formula is C27H50NO. The van der Waals surface area contributed by atoms with Crippen LogP contribution in [0.15, 0.2) is 30.3 Å². The minimum absolute atomic E-state index is 0. The Balaban J connectivity index is 0.00000784. The maximum Gasteiger partial charge on any atom is 0.0719 e. The number of hydrogen-bond donors (Lipinski definition) is 2. The summed E-state index contributed by atoms with van der Waals surface area (Å²) in [5, 5.41) is 10.8. The molecule has 4 N–H and O–H groups in total. The average molecular weight is 405 g/mol. The van der Waals surface area contributed by atoms with Gasteiger partial charge in [0.15, 0.2) is 0 Å². The summed E-state index contributed by atoms with van der Waals surface area (Å²) in [5.74, 6) is 1.23. The lowest BCUT2D eigenvalue weighted by molar-refractivity contribution is 0.0703. The van der Waals surface area contributed by atoms with Gasteiger partial charge in [0.2, 0.25) is 0 Å². The number of unbranched alkanes of at least 4 members (excludes halogenated alkanes) is 13. The molecule has 0 bridgehead atoms. The van der Waals surface area contributed by atoms with Crippen LogP contribution in [0.2, 0.25) is 0 Å². The summed E-state index contributed by atoms with van der Waals surface area (Å²) in [5.41, 5.74) is 0.533. The standard InChI is InChI=1S/C27H47O.H3N/c1-4-5-6-7-8-9-10-11-12-13-14-15-16-18-21-25(2)27(3,28)24-26-22-19-17-20-23-26;/h17,19-20,22-23,28H,4-16,18,21,24H2,1-3H3;1H3. The summed E-state index contributed by atoms with van der Waals surface area (Å²) in [7, 11) is 0. The van der Waals surface area contributed by atoms with E-state index in [0.29, 0.717) is 0 Å². The second kappa shape index (κ2) is 18.0. The van der Waals surface area contributed by atoms with Crippen molar-refractivity contribution in [2.45, 2.75) is 129 Å². The third kappa shape index (κ3) is 14.7. The van der Waals surface area contributed by atoms with Crippen molar-refractivity contribution in [3.05, 3.63) is 41.8 Å². The van der Waals surface area contributed by atoms with Gasteiger partial charge in [-0.2, -0.15) is 0 Å². The zero-order valence-corrected chi connectivity index (χ0v) is 19.9. The fraction of sp³-hybridized carbons (Fsp3) is 0.741. The Morgan fingerprint density at radius 2 is 1.14 bits per heavy atom. The fourth-order valence-corrected chi connectivity index (χ4v) is 4.00. The van der Waals surface area contributed by atoms with Gasteiger partial charge in [0.25, 0.3) is 0 Å². The smallest absolute Gasteiger partial charge is 0.0719 e. The molecule has 1 atom stereocenters. The van der Waals surface area contributed by atoms with Crippen molar-refractivity contribution in [3.63, 3.8) is 0 Å². The van der Waals surface area contributed by atoms with E-state index in [1.165, 1.54) is 101 Å². The Hall–Kier alpha value is -0.860. The van der Waals surface area contributed by atoms with Crippen LogP contribution in [0.1, 0.15) is 123 Å². The molecule has 0 amide bonds. The highest BCUT2D eigenvalue weighted by Gasteiger charge is 2.28. The van der Waals surface area contributed by atoms with E-state index in [1.54, 1.807) is 0 Å². The minimum atomic E-state index is -0.683. The summed E-state index contributed by atoms with van der Waals surface area (Å²) >= 11 is 0. The topological polar surface area (TPSA) is 55.2 Å². The van der Waals surface area contributed by atoms with Gasteiger partial charge < -0.3 is 11.3 Å². The molecule has 2 nitrogen and oxygen atoms in total. The Morgan fingerprint density at radius 3 is 1.59 bits per heavy atom. The van der Waals surface area contributed by atoms with E-state index in [4.69, 9.17) is 0 Å². The highest BCUT2D eigenvalue weighted by Crippen LogP contribution is 2.28. The van der Waals surface area contributed by atoms with Crippen LogP contribution in [-0.4, -0.2) is 10.7 Å². The predicted octanol–water partition coefficient (Wildman–Crippen LogP) is 8.61. The SMILES string of the molecule is CCCCCCCCCCCCCCCC[C](C)C(C)(O)Cc1ccccc1.N. The molecule has 2 heteroatoms. The van der Waals surface area contributed by atoms with Gasteiger partial charge in [-0.25, -0.2) is 0 Å². The van der Waals surface area contributed by atoms with E-state index < -0.39 is 5.60 Å². The molecule has 1 unspecified atom stereocenters. The van der Waals surface area contributed by atoms with Crippen LogP contribution in [0.25, 0.3) is 0 Å². The zero-order chi connectivity index (χ0) is 20.5. The van der Waals surface area contributed by atoms with Crippen molar-refractivity contribution in [1.82, 2.24) is 6.15 Å². The van der Waals surface area contributed by atoms with E-state index in [-0.39, 0.29) is 6.15 Å². The lowest BCUT2D eigenvalue weighted by atomic mass is 9.82. The number of benzene rings is 1. The quantitative estimate of drug-likeness (QED) is 0.241. The van der Waals surface area contributed by atoms with Crippen LogP contribution in [0.3, 0.4) is 0 Å². The third-order valence-electron chi connectivity index (χ3n) is 6.22. The third-order valence-corrected chi connectivity index (χ3v) is 6.22. The summed E-state index contributed by atoms with van der Waals surface area (Å²) in [4.78, 5) is 0. The molecular weight excluding hydrogens is 354 g/mol. The largest absolute Gasteiger partial charge is 0.389 e. The van der Waals surface area contributed by atoms with Gasteiger partial charge in [-0.1, -0.05) is 134 Å². The summed E-state index contributed by atoms with van der Waals surface area (Å²) in [6.45, 7) is 6.39. The molecule has 0 spiro atoms. The highest BCUT2D eigenvalue weighted by molar-refractivity contribution is 5.20. The maximum absolute atomic E-state index is 10.8. The van der Waals surface area contributed by atoms with Gasteiger partial charge in [-0.3, -0.25) is 0 Å². The zero-order valence-electron chi connectivity index (χ0n) is 19.9. The Bertz CT molecular complexity index is 457. The number of aliphatic hydroxyl groups is 1. The average Bonchev–Trinajstić information content (AvgIpc) is 2.68. The van der Waals surface area contributed by atoms with E-state index in [9.17, 15) is 5.11 Å². The van der Waals surface area contributed by atoms with Crippen LogP contribution in [0, 0.1) is 5.92 Å². The van der Waals surface area contributed by atoms with Gasteiger partial charge in [0, 0.05) is 12.3 Å². The van der Waals surface area contributed by atoms with Gasteiger partial charge >= 0.3 is 0 Å². The molecule has 0 saturated carbocycles. The molecule has 0 fully saturated rings. The molecule has 0 heterocycles. The fourth-order valence-electron chi connectivity index (χ4n) is 4.00. The Morgan fingerprint density at radius 1 is 0.724 bits per heavy atom. The van der Waals surface area contributed by atoms with Crippen LogP contribution in [-0.2, 0) is 6.42 Å². The number of hydrogen-bond acceptors (Lipinski definition) is 2. The van der Waals surface area contributed by atoms with Crippen molar-refractivity contribution < 1.29 is 5.11 Å². The molecule has 1 rings (SSSR count). The summed E-state index contributed by atoms with van der Waals surface area (Å²) < 4.78 is 0. The normalized spacial score (nSPS) is 13.3. The first kappa shape index (κ1) is 28.1. The van der Waals surface area contributed by atoms with Crippen LogP contribution in [0.4, 0.5) is 0 Å². The van der Waals surface area contributed by atoms with E-state index in [2.05, 4.69) is 26.0 Å². The van der Waals surface area contributed by atoms with Crippen molar-refractivity contribution in [3.8, 4) is 0 Å². The Kier molecular flexibility index (Phi) is 17.4. The van der Waals surface area contributed by atoms with E-state index >= 15 is 0 Å². The molecule has 0 saturated heterocycles. The second-order valence-corrected chi connectivity index (χ2v) is 9.06. The van der Waals surface area contributed by atoms with Crippen molar-refractivity contribution in [2.24, 2.45) is 0 Å². The molecule has 1 radical (unpaired) electrons. The minimum Gasteiger partial charge on any atom is -0.389 e. The maximum atomic E-state index is 10.8. The van der Waals surface area contributed by atoms with Gasteiger partial charge in [-0.15, -0.1) is 0 Å². The Labute approximate surface area is 182 Å². The lowest BCUT2D eigenvalue weighted by Crippen LogP contribution is -2.33. The van der Waals surface area contributed by atoms with Crippen LogP contribution >= 0.6 is 0 Å². The molecule has 1 aromatic rings. The predicted molar refractivity (Wildman–Crippen MR) is 130 cm³/mol. The van der Waals surface area contributed by atoms with Crippen molar-refractivity contribution in [1.29, 1.82) is 0 Å². The monoisotopic (exact) mass is 404 g/mol. The first-order chi connectivity index (χ1) is 13.6. The van der Waals surface area contributed by atoms with Crippen LogP contribution in [0.5, 0.6) is 0 Å². The van der Waals surface area contributed by atoms with Crippen molar-refractivity contribution >= 4 is 0 Å². The molecule has 0 aliphatic heterocycles. The van der Waals surface area contributed by atoms with Crippen LogP contribution < -0.4 is 6.15 Å². The van der Waals surface area contributed by atoms with Gasteiger partial charge in [0.05, 0.1) is 5.60 Å². The molecule has 0 aliphatic carbocycles. The summed E-state index contributed by atoms with van der Waals surface area (Å²) in [6, 6.07) is 10.3. The molecule has 0 aromatic heterocycles. The first-order valence-electron chi connectivity index (χ1n) is 12.2. The van der Waals surface area contributed by atoms with Gasteiger partial charge in [-0.05, 0) is 18.9 Å². The molecule has 1 aromatic carbocycles. The van der Waals surface area contributed by atoms with E-state index in [1.807, 2.05) is 25.1 Å². The molecule has 29 heavy (non-hydrogen) atoms. The molecule has 169 valence electrons. The number of rotatable bonds is 18. The highest BCUT2D eigenvalue weighted by atomic mass is 16.3. The van der Waals surface area contributed by atoms with Crippen molar-refractivity contribution in [2.75, 3.05) is 0 Å². The first-order valence-corrected chi connectivity index (χ1v) is 12.2. The van der Waals surface area contributed by atoms with E-state index in [0.717, 1.165) is 12.8 Å². The van der Waals surface area contributed by atoms with Gasteiger partial charge in [0.1, 0.15) is 0 Å².